The molecule has 0 aliphatic carbocycles. The molecule has 3 aromatic heterocycles. The maximum absolute atomic E-state index is 6.45. The van der Waals surface area contributed by atoms with Gasteiger partial charge in [0.05, 0.1) is 5.56 Å². The number of aromatic nitrogens is 4. The van der Waals surface area contributed by atoms with Gasteiger partial charge in [-0.15, -0.1) is 0 Å². The average Bonchev–Trinajstić information content (AvgIpc) is 3.71. The first kappa shape index (κ1) is 24.5. The summed E-state index contributed by atoms with van der Waals surface area (Å²) < 4.78 is 12.8. The lowest BCUT2D eigenvalue weighted by Gasteiger charge is -2.10. The minimum atomic E-state index is 0.533. The number of oxazole rings is 1. The van der Waals surface area contributed by atoms with Gasteiger partial charge in [0, 0.05) is 32.8 Å². The molecule has 3 heterocycles. The molecule has 6 nitrogen and oxygen atoms in total. The molecule has 206 valence electrons. The van der Waals surface area contributed by atoms with E-state index in [4.69, 9.17) is 28.8 Å². The first-order valence-corrected chi connectivity index (χ1v) is 14.4. The highest BCUT2D eigenvalue weighted by atomic mass is 16.3. The van der Waals surface area contributed by atoms with E-state index in [2.05, 4.69) is 24.3 Å². The zero-order chi connectivity index (χ0) is 29.0. The van der Waals surface area contributed by atoms with Crippen molar-refractivity contribution in [1.82, 2.24) is 19.9 Å². The Morgan fingerprint density at radius 3 is 1.91 bits per heavy atom. The third kappa shape index (κ3) is 3.89. The Morgan fingerprint density at radius 2 is 1.07 bits per heavy atom. The van der Waals surface area contributed by atoms with Crippen LogP contribution in [-0.2, 0) is 0 Å². The molecule has 0 spiro atoms. The second-order valence-corrected chi connectivity index (χ2v) is 10.7. The van der Waals surface area contributed by atoms with E-state index in [9.17, 15) is 0 Å². The van der Waals surface area contributed by atoms with E-state index >= 15 is 0 Å². The fourth-order valence-electron chi connectivity index (χ4n) is 5.90. The van der Waals surface area contributed by atoms with Gasteiger partial charge in [-0.1, -0.05) is 103 Å². The van der Waals surface area contributed by atoms with Gasteiger partial charge in [0.15, 0.2) is 23.1 Å². The zero-order valence-corrected chi connectivity index (χ0v) is 23.3. The summed E-state index contributed by atoms with van der Waals surface area (Å²) in [4.78, 5) is 19.9. The lowest BCUT2D eigenvalue weighted by molar-refractivity contribution is 0.623. The number of hydrogen-bond acceptors (Lipinski definition) is 6. The van der Waals surface area contributed by atoms with Gasteiger partial charge in [-0.05, 0) is 35.7 Å². The summed E-state index contributed by atoms with van der Waals surface area (Å²) in [6, 6.07) is 44.2. The van der Waals surface area contributed by atoms with Crippen LogP contribution in [0.15, 0.2) is 142 Å². The van der Waals surface area contributed by atoms with E-state index < -0.39 is 0 Å². The molecule has 6 heteroatoms. The first-order chi connectivity index (χ1) is 21.8. The second kappa shape index (κ2) is 9.71. The van der Waals surface area contributed by atoms with Crippen molar-refractivity contribution < 1.29 is 8.83 Å². The minimum Gasteiger partial charge on any atom is -0.455 e. The molecular weight excluding hydrogens is 544 g/mol. The third-order valence-corrected chi connectivity index (χ3v) is 7.97. The minimum absolute atomic E-state index is 0.533. The van der Waals surface area contributed by atoms with Crippen molar-refractivity contribution in [3.05, 3.63) is 133 Å². The van der Waals surface area contributed by atoms with Crippen LogP contribution >= 0.6 is 0 Å². The Morgan fingerprint density at radius 1 is 0.409 bits per heavy atom. The van der Waals surface area contributed by atoms with E-state index in [1.807, 2.05) is 109 Å². The van der Waals surface area contributed by atoms with Gasteiger partial charge in [0.25, 0.3) is 0 Å². The number of rotatable bonds is 4. The molecule has 0 aliphatic heterocycles. The lowest BCUT2D eigenvalue weighted by atomic mass is 10.0. The number of nitrogens with zero attached hydrogens (tertiary/aromatic N) is 4. The van der Waals surface area contributed by atoms with Crippen molar-refractivity contribution in [1.29, 1.82) is 0 Å². The quantitative estimate of drug-likeness (QED) is 0.211. The highest BCUT2D eigenvalue weighted by Crippen LogP contribution is 2.38. The van der Waals surface area contributed by atoms with Crippen LogP contribution in [0.4, 0.5) is 0 Å². The number of furan rings is 1. The summed E-state index contributed by atoms with van der Waals surface area (Å²) in [6.07, 6.45) is 0. The van der Waals surface area contributed by atoms with Crippen LogP contribution in [-0.4, -0.2) is 19.9 Å². The van der Waals surface area contributed by atoms with Gasteiger partial charge in [-0.25, -0.2) is 19.9 Å². The van der Waals surface area contributed by atoms with Gasteiger partial charge in [-0.2, -0.15) is 0 Å². The number of fused-ring (bicyclic) bond motifs is 6. The molecule has 0 radical (unpaired) electrons. The molecule has 0 unspecified atom stereocenters. The molecule has 0 saturated heterocycles. The Bertz CT molecular complexity index is 2500. The normalized spacial score (nSPS) is 11.6. The monoisotopic (exact) mass is 566 g/mol. The number of hydrogen-bond donors (Lipinski definition) is 0. The maximum Gasteiger partial charge on any atom is 0.227 e. The summed E-state index contributed by atoms with van der Waals surface area (Å²) in [5, 5.41) is 3.98. The van der Waals surface area contributed by atoms with Gasteiger partial charge >= 0.3 is 0 Å². The summed E-state index contributed by atoms with van der Waals surface area (Å²) in [7, 11) is 0. The van der Waals surface area contributed by atoms with E-state index in [1.54, 1.807) is 0 Å². The summed E-state index contributed by atoms with van der Waals surface area (Å²) in [5.74, 6) is 2.22. The van der Waals surface area contributed by atoms with E-state index in [0.29, 0.717) is 28.9 Å². The predicted molar refractivity (Wildman–Crippen MR) is 174 cm³/mol. The molecule has 9 aromatic rings. The summed E-state index contributed by atoms with van der Waals surface area (Å²) in [6.45, 7) is 0. The first-order valence-electron chi connectivity index (χ1n) is 14.4. The molecule has 0 N–H and O–H groups in total. The standard InChI is InChI=1S/C38H22N4O2/c1-3-11-24(12-4-1)35-40-36(42-37(41-35)29-19-10-17-27-26-16-7-8-20-31(26)43-33(27)29)28-18-9-15-23-21-22-30-34(32(23)28)44-38(39-30)25-13-5-2-6-14-25/h1-22H. The van der Waals surface area contributed by atoms with Crippen LogP contribution in [0.5, 0.6) is 0 Å². The topological polar surface area (TPSA) is 77.8 Å². The second-order valence-electron chi connectivity index (χ2n) is 10.7. The van der Waals surface area contributed by atoms with Crippen LogP contribution in [0.25, 0.3) is 89.4 Å². The van der Waals surface area contributed by atoms with Gasteiger partial charge in [0.2, 0.25) is 5.89 Å². The van der Waals surface area contributed by atoms with Crippen molar-refractivity contribution >= 4 is 43.8 Å². The Balaban J connectivity index is 1.32. The number of benzene rings is 6. The maximum atomic E-state index is 6.45. The molecule has 0 saturated carbocycles. The Labute approximate surface area is 251 Å². The van der Waals surface area contributed by atoms with Crippen LogP contribution in [0, 0.1) is 0 Å². The summed E-state index contributed by atoms with van der Waals surface area (Å²) >= 11 is 0. The molecule has 0 aliphatic rings. The highest BCUT2D eigenvalue weighted by molar-refractivity contribution is 6.11. The van der Waals surface area contributed by atoms with Gasteiger partial charge < -0.3 is 8.83 Å². The number of para-hydroxylation sites is 2. The fraction of sp³-hybridized carbons (Fsp3) is 0. The summed E-state index contributed by atoms with van der Waals surface area (Å²) in [5.41, 5.74) is 6.48. The molecule has 0 amide bonds. The van der Waals surface area contributed by atoms with Crippen molar-refractivity contribution in [2.45, 2.75) is 0 Å². The highest BCUT2D eigenvalue weighted by Gasteiger charge is 2.20. The molecule has 6 aromatic carbocycles. The van der Waals surface area contributed by atoms with Crippen LogP contribution in [0.1, 0.15) is 0 Å². The molecular formula is C38H22N4O2. The third-order valence-electron chi connectivity index (χ3n) is 7.97. The SMILES string of the molecule is c1ccc(-c2nc(-c3cccc4c3oc3ccccc34)nc(-c3cccc4ccc5nc(-c6ccccc6)oc5c34)n2)cc1. The lowest BCUT2D eigenvalue weighted by Crippen LogP contribution is -2.00. The van der Waals surface area contributed by atoms with Crippen LogP contribution in [0.3, 0.4) is 0 Å². The van der Waals surface area contributed by atoms with Gasteiger partial charge in [0.1, 0.15) is 16.7 Å². The van der Waals surface area contributed by atoms with Crippen molar-refractivity contribution in [3.63, 3.8) is 0 Å². The van der Waals surface area contributed by atoms with Crippen molar-refractivity contribution in [2.75, 3.05) is 0 Å². The smallest absolute Gasteiger partial charge is 0.227 e. The Hall–Kier alpha value is -6.14. The molecule has 44 heavy (non-hydrogen) atoms. The van der Waals surface area contributed by atoms with Gasteiger partial charge in [-0.3, -0.25) is 0 Å². The predicted octanol–water partition coefficient (Wildman–Crippen LogP) is 9.73. The van der Waals surface area contributed by atoms with E-state index in [1.165, 1.54) is 0 Å². The fourth-order valence-corrected chi connectivity index (χ4v) is 5.90. The Kier molecular flexibility index (Phi) is 5.40. The van der Waals surface area contributed by atoms with E-state index in [0.717, 1.165) is 60.5 Å². The van der Waals surface area contributed by atoms with Crippen molar-refractivity contribution in [2.24, 2.45) is 0 Å². The van der Waals surface area contributed by atoms with Crippen LogP contribution in [0.2, 0.25) is 0 Å². The zero-order valence-electron chi connectivity index (χ0n) is 23.3. The molecule has 0 fully saturated rings. The van der Waals surface area contributed by atoms with Crippen LogP contribution < -0.4 is 0 Å². The molecule has 0 atom stereocenters. The molecule has 9 rings (SSSR count). The average molecular weight is 567 g/mol. The molecule has 0 bridgehead atoms. The largest absolute Gasteiger partial charge is 0.455 e. The van der Waals surface area contributed by atoms with E-state index in [-0.39, 0.29) is 0 Å². The van der Waals surface area contributed by atoms with Crippen molar-refractivity contribution in [3.8, 4) is 45.6 Å².